The SMILES string of the molecule is CCOc1cccc(CNCC2CCCC2)c1O. The molecule has 3 nitrogen and oxygen atoms in total. The Morgan fingerprint density at radius 3 is 2.83 bits per heavy atom. The molecule has 0 aliphatic heterocycles. The minimum absolute atomic E-state index is 0.276. The number of benzene rings is 1. The summed E-state index contributed by atoms with van der Waals surface area (Å²) in [5.41, 5.74) is 0.916. The summed E-state index contributed by atoms with van der Waals surface area (Å²) < 4.78 is 5.38. The van der Waals surface area contributed by atoms with Crippen molar-refractivity contribution in [2.24, 2.45) is 5.92 Å². The third-order valence-corrected chi connectivity index (χ3v) is 3.61. The molecule has 1 saturated carbocycles. The first-order valence-electron chi connectivity index (χ1n) is 6.95. The van der Waals surface area contributed by atoms with Crippen molar-refractivity contribution in [2.45, 2.75) is 39.2 Å². The lowest BCUT2D eigenvalue weighted by Gasteiger charge is -2.13. The van der Waals surface area contributed by atoms with Crippen LogP contribution in [0.4, 0.5) is 0 Å². The summed E-state index contributed by atoms with van der Waals surface area (Å²) in [4.78, 5) is 0. The van der Waals surface area contributed by atoms with Crippen molar-refractivity contribution in [3.63, 3.8) is 0 Å². The molecule has 1 aliphatic carbocycles. The van der Waals surface area contributed by atoms with Crippen LogP contribution in [0.2, 0.25) is 0 Å². The molecule has 0 amide bonds. The van der Waals surface area contributed by atoms with Crippen LogP contribution in [0.3, 0.4) is 0 Å². The Balaban J connectivity index is 1.86. The van der Waals surface area contributed by atoms with Crippen molar-refractivity contribution in [3.05, 3.63) is 23.8 Å². The highest BCUT2D eigenvalue weighted by atomic mass is 16.5. The Kier molecular flexibility index (Phi) is 4.88. The van der Waals surface area contributed by atoms with Gasteiger partial charge in [-0.25, -0.2) is 0 Å². The van der Waals surface area contributed by atoms with Crippen molar-refractivity contribution >= 4 is 0 Å². The summed E-state index contributed by atoms with van der Waals surface area (Å²) in [6.45, 7) is 4.26. The molecule has 2 N–H and O–H groups in total. The summed E-state index contributed by atoms with van der Waals surface area (Å²) in [6, 6.07) is 5.68. The minimum Gasteiger partial charge on any atom is -0.504 e. The fourth-order valence-corrected chi connectivity index (χ4v) is 2.61. The van der Waals surface area contributed by atoms with Gasteiger partial charge in [-0.15, -0.1) is 0 Å². The molecule has 0 saturated heterocycles. The van der Waals surface area contributed by atoms with Crippen molar-refractivity contribution in [1.82, 2.24) is 5.32 Å². The number of hydrogen-bond acceptors (Lipinski definition) is 3. The summed E-state index contributed by atoms with van der Waals surface area (Å²) >= 11 is 0. The second-order valence-corrected chi connectivity index (χ2v) is 4.98. The molecule has 100 valence electrons. The quantitative estimate of drug-likeness (QED) is 0.814. The van der Waals surface area contributed by atoms with Crippen molar-refractivity contribution in [1.29, 1.82) is 0 Å². The Labute approximate surface area is 109 Å². The Morgan fingerprint density at radius 1 is 1.33 bits per heavy atom. The van der Waals surface area contributed by atoms with Gasteiger partial charge in [-0.05, 0) is 38.3 Å². The maximum atomic E-state index is 10.0. The van der Waals surface area contributed by atoms with E-state index in [0.717, 1.165) is 18.0 Å². The second kappa shape index (κ2) is 6.64. The van der Waals surface area contributed by atoms with Crippen LogP contribution in [0.25, 0.3) is 0 Å². The number of para-hydroxylation sites is 1. The van der Waals surface area contributed by atoms with Gasteiger partial charge in [0.2, 0.25) is 0 Å². The van der Waals surface area contributed by atoms with Crippen LogP contribution in [-0.2, 0) is 6.54 Å². The van der Waals surface area contributed by atoms with Gasteiger partial charge in [-0.2, -0.15) is 0 Å². The highest BCUT2D eigenvalue weighted by Gasteiger charge is 2.14. The monoisotopic (exact) mass is 249 g/mol. The smallest absolute Gasteiger partial charge is 0.162 e. The molecule has 2 rings (SSSR count). The normalized spacial score (nSPS) is 16.1. The third-order valence-electron chi connectivity index (χ3n) is 3.61. The molecule has 1 aromatic carbocycles. The van der Waals surface area contributed by atoms with Crippen molar-refractivity contribution in [3.8, 4) is 11.5 Å². The molecule has 0 spiro atoms. The van der Waals surface area contributed by atoms with E-state index in [9.17, 15) is 5.11 Å². The van der Waals surface area contributed by atoms with Gasteiger partial charge >= 0.3 is 0 Å². The molecule has 0 unspecified atom stereocenters. The maximum absolute atomic E-state index is 10.0. The highest BCUT2D eigenvalue weighted by Crippen LogP contribution is 2.30. The zero-order chi connectivity index (χ0) is 12.8. The van der Waals surface area contributed by atoms with Gasteiger partial charge in [0, 0.05) is 12.1 Å². The predicted molar refractivity (Wildman–Crippen MR) is 72.9 cm³/mol. The molecule has 0 radical (unpaired) electrons. The van der Waals surface area contributed by atoms with Gasteiger partial charge in [0.25, 0.3) is 0 Å². The molecule has 3 heteroatoms. The molecule has 0 heterocycles. The van der Waals surface area contributed by atoms with Gasteiger partial charge in [-0.1, -0.05) is 25.0 Å². The molecule has 18 heavy (non-hydrogen) atoms. The van der Waals surface area contributed by atoms with E-state index in [1.54, 1.807) is 6.07 Å². The van der Waals surface area contributed by atoms with Gasteiger partial charge in [0.1, 0.15) is 0 Å². The Bertz CT molecular complexity index is 373. The van der Waals surface area contributed by atoms with Gasteiger partial charge in [0.15, 0.2) is 11.5 Å². The molecule has 0 atom stereocenters. The minimum atomic E-state index is 0.276. The van der Waals surface area contributed by atoms with E-state index in [1.807, 2.05) is 19.1 Å². The first-order valence-corrected chi connectivity index (χ1v) is 6.95. The summed E-state index contributed by atoms with van der Waals surface area (Å²) in [5, 5.41) is 13.5. The first-order chi connectivity index (χ1) is 8.81. The van der Waals surface area contributed by atoms with Crippen LogP contribution in [-0.4, -0.2) is 18.3 Å². The zero-order valence-corrected chi connectivity index (χ0v) is 11.1. The van der Waals surface area contributed by atoms with E-state index >= 15 is 0 Å². The van der Waals surface area contributed by atoms with Crippen LogP contribution >= 0.6 is 0 Å². The maximum Gasteiger partial charge on any atom is 0.162 e. The Morgan fingerprint density at radius 2 is 2.11 bits per heavy atom. The lowest BCUT2D eigenvalue weighted by molar-refractivity contribution is 0.316. The van der Waals surface area contributed by atoms with Gasteiger partial charge in [0.05, 0.1) is 6.61 Å². The number of hydrogen-bond donors (Lipinski definition) is 2. The number of nitrogens with one attached hydrogen (secondary N) is 1. The van der Waals surface area contributed by atoms with E-state index in [0.29, 0.717) is 18.9 Å². The largest absolute Gasteiger partial charge is 0.504 e. The average Bonchev–Trinajstić information content (AvgIpc) is 2.87. The van der Waals surface area contributed by atoms with E-state index in [1.165, 1.54) is 25.7 Å². The number of phenols is 1. The molecule has 0 bridgehead atoms. The lowest BCUT2D eigenvalue weighted by atomic mass is 10.1. The second-order valence-electron chi connectivity index (χ2n) is 4.98. The lowest BCUT2D eigenvalue weighted by Crippen LogP contribution is -2.20. The molecule has 1 aliphatic rings. The van der Waals surface area contributed by atoms with Crippen LogP contribution in [0.15, 0.2) is 18.2 Å². The number of phenolic OH excluding ortho intramolecular Hbond substituents is 1. The standard InChI is InChI=1S/C15H23NO2/c1-2-18-14-9-5-8-13(15(14)17)11-16-10-12-6-3-4-7-12/h5,8-9,12,16-17H,2-4,6-7,10-11H2,1H3. The van der Waals surface area contributed by atoms with E-state index < -0.39 is 0 Å². The van der Waals surface area contributed by atoms with E-state index in [2.05, 4.69) is 5.32 Å². The van der Waals surface area contributed by atoms with E-state index in [4.69, 9.17) is 4.74 Å². The number of aromatic hydroxyl groups is 1. The summed E-state index contributed by atoms with van der Waals surface area (Å²) in [7, 11) is 0. The van der Waals surface area contributed by atoms with Gasteiger partial charge in [-0.3, -0.25) is 0 Å². The van der Waals surface area contributed by atoms with Crippen LogP contribution in [0.1, 0.15) is 38.2 Å². The number of rotatable bonds is 6. The van der Waals surface area contributed by atoms with Crippen LogP contribution in [0.5, 0.6) is 11.5 Å². The van der Waals surface area contributed by atoms with Crippen molar-refractivity contribution in [2.75, 3.05) is 13.2 Å². The van der Waals surface area contributed by atoms with Gasteiger partial charge < -0.3 is 15.2 Å². The van der Waals surface area contributed by atoms with E-state index in [-0.39, 0.29) is 5.75 Å². The summed E-state index contributed by atoms with van der Waals surface area (Å²) in [5.74, 6) is 1.68. The Hall–Kier alpha value is -1.22. The average molecular weight is 249 g/mol. The first kappa shape index (κ1) is 13.2. The third kappa shape index (κ3) is 3.39. The number of ether oxygens (including phenoxy) is 1. The zero-order valence-electron chi connectivity index (χ0n) is 11.1. The topological polar surface area (TPSA) is 41.5 Å². The molecule has 0 aromatic heterocycles. The van der Waals surface area contributed by atoms with Crippen molar-refractivity contribution < 1.29 is 9.84 Å². The highest BCUT2D eigenvalue weighted by molar-refractivity contribution is 5.45. The molecule has 1 fully saturated rings. The fraction of sp³-hybridized carbons (Fsp3) is 0.600. The van der Waals surface area contributed by atoms with Crippen LogP contribution in [0, 0.1) is 5.92 Å². The summed E-state index contributed by atoms with van der Waals surface area (Å²) in [6.07, 6.45) is 5.44. The fourth-order valence-electron chi connectivity index (χ4n) is 2.61. The predicted octanol–water partition coefficient (Wildman–Crippen LogP) is 3.07. The molecular weight excluding hydrogens is 226 g/mol. The van der Waals surface area contributed by atoms with Crippen LogP contribution < -0.4 is 10.1 Å². The molecule has 1 aromatic rings. The molecular formula is C15H23NO2.